The number of rotatable bonds is 3. The Balaban J connectivity index is 1.98. The normalized spacial score (nSPS) is 18.2. The van der Waals surface area contributed by atoms with Crippen molar-refractivity contribution in [1.82, 2.24) is 0 Å². The van der Waals surface area contributed by atoms with Gasteiger partial charge in [-0.2, -0.15) is 0 Å². The summed E-state index contributed by atoms with van der Waals surface area (Å²) in [5.41, 5.74) is 1.35. The number of ketones is 1. The highest BCUT2D eigenvalue weighted by atomic mass is 32.1. The van der Waals surface area contributed by atoms with Gasteiger partial charge >= 0.3 is 0 Å². The van der Waals surface area contributed by atoms with E-state index in [4.69, 9.17) is 0 Å². The molecule has 1 N–H and O–H groups in total. The zero-order chi connectivity index (χ0) is 24.1. The number of aryl methyl sites for hydroxylation is 1. The number of benzene rings is 2. The number of hydrogen-bond acceptors (Lipinski definition) is 4. The zero-order valence-corrected chi connectivity index (χ0v) is 19.5. The van der Waals surface area contributed by atoms with Gasteiger partial charge < -0.3 is 5.11 Å². The molecule has 0 aliphatic carbocycles. The SMILES string of the molecule is Cc1ccc(C(C)(C)C)cc1/C(O)=C1\C(=O)C(=O)N(c2cc(F)ccc2F)C1c1cccs1. The van der Waals surface area contributed by atoms with E-state index in [1.807, 2.05) is 32.9 Å². The van der Waals surface area contributed by atoms with Crippen molar-refractivity contribution in [2.75, 3.05) is 4.90 Å². The molecule has 1 fully saturated rings. The van der Waals surface area contributed by atoms with E-state index >= 15 is 0 Å². The summed E-state index contributed by atoms with van der Waals surface area (Å²) in [6, 6.07) is 10.7. The summed E-state index contributed by atoms with van der Waals surface area (Å²) >= 11 is 1.25. The molecule has 4 rings (SSSR count). The van der Waals surface area contributed by atoms with Crippen molar-refractivity contribution >= 4 is 34.5 Å². The Morgan fingerprint density at radius 2 is 1.79 bits per heavy atom. The first-order valence-electron chi connectivity index (χ1n) is 10.4. The molecule has 4 nitrogen and oxygen atoms in total. The second-order valence-corrected chi connectivity index (χ2v) is 10.0. The molecular weight excluding hydrogens is 444 g/mol. The fourth-order valence-electron chi connectivity index (χ4n) is 3.96. The summed E-state index contributed by atoms with van der Waals surface area (Å²) in [7, 11) is 0. The van der Waals surface area contributed by atoms with Crippen molar-refractivity contribution in [3.8, 4) is 0 Å². The van der Waals surface area contributed by atoms with Crippen molar-refractivity contribution in [2.45, 2.75) is 39.2 Å². The van der Waals surface area contributed by atoms with E-state index in [-0.39, 0.29) is 22.4 Å². The van der Waals surface area contributed by atoms with Gasteiger partial charge in [-0.15, -0.1) is 11.3 Å². The molecular formula is C26H23F2NO3S. The number of halogens is 2. The maximum absolute atomic E-state index is 14.7. The number of carbonyl (C=O) groups excluding carboxylic acids is 2. The summed E-state index contributed by atoms with van der Waals surface area (Å²) in [5.74, 6) is -3.90. The van der Waals surface area contributed by atoms with E-state index in [9.17, 15) is 23.5 Å². The van der Waals surface area contributed by atoms with E-state index < -0.39 is 29.4 Å². The number of carbonyl (C=O) groups is 2. The first-order valence-corrected chi connectivity index (χ1v) is 11.3. The summed E-state index contributed by atoms with van der Waals surface area (Å²) < 4.78 is 28.7. The molecule has 0 spiro atoms. The number of amides is 1. The van der Waals surface area contributed by atoms with Gasteiger partial charge in [0.15, 0.2) is 0 Å². The molecule has 0 radical (unpaired) electrons. The number of Topliss-reactive ketones (excluding diaryl/α,β-unsaturated/α-hetero) is 1. The fraction of sp³-hybridized carbons (Fsp3) is 0.231. The molecule has 1 aliphatic heterocycles. The Morgan fingerprint density at radius 3 is 2.42 bits per heavy atom. The van der Waals surface area contributed by atoms with Crippen LogP contribution in [0.3, 0.4) is 0 Å². The van der Waals surface area contributed by atoms with Crippen LogP contribution in [0.2, 0.25) is 0 Å². The lowest BCUT2D eigenvalue weighted by Gasteiger charge is -2.25. The van der Waals surface area contributed by atoms with Crippen LogP contribution in [0, 0.1) is 18.6 Å². The minimum absolute atomic E-state index is 0.153. The molecule has 1 amide bonds. The molecule has 2 heterocycles. The molecule has 1 saturated heterocycles. The maximum Gasteiger partial charge on any atom is 0.300 e. The van der Waals surface area contributed by atoms with Crippen molar-refractivity contribution in [3.63, 3.8) is 0 Å². The third-order valence-electron chi connectivity index (χ3n) is 5.78. The Labute approximate surface area is 194 Å². The second kappa shape index (κ2) is 8.23. The predicted molar refractivity (Wildman–Crippen MR) is 125 cm³/mol. The molecule has 0 bridgehead atoms. The quantitative estimate of drug-likeness (QED) is 0.281. The smallest absolute Gasteiger partial charge is 0.300 e. The standard InChI is InChI=1S/C26H23F2NO3S/c1-14-7-8-15(26(2,3)4)12-17(14)23(30)21-22(20-6-5-11-33-20)29(25(32)24(21)31)19-13-16(27)9-10-18(19)28/h5-13,22,30H,1-4H3/b23-21+. The summed E-state index contributed by atoms with van der Waals surface area (Å²) in [4.78, 5) is 27.7. The Hall–Kier alpha value is -3.32. The first-order chi connectivity index (χ1) is 15.5. The Bertz CT molecular complexity index is 1290. The monoisotopic (exact) mass is 467 g/mol. The average molecular weight is 468 g/mol. The Morgan fingerprint density at radius 1 is 1.06 bits per heavy atom. The number of aliphatic hydroxyl groups is 1. The largest absolute Gasteiger partial charge is 0.507 e. The van der Waals surface area contributed by atoms with Gasteiger partial charge in [-0.1, -0.05) is 39.0 Å². The summed E-state index contributed by atoms with van der Waals surface area (Å²) in [6.45, 7) is 7.88. The number of nitrogens with zero attached hydrogens (tertiary/aromatic N) is 1. The van der Waals surface area contributed by atoms with Gasteiger partial charge in [-0.25, -0.2) is 8.78 Å². The molecule has 2 aromatic carbocycles. The lowest BCUT2D eigenvalue weighted by molar-refractivity contribution is -0.132. The van der Waals surface area contributed by atoms with Crippen LogP contribution in [0.5, 0.6) is 0 Å². The summed E-state index contributed by atoms with van der Waals surface area (Å²) in [5, 5.41) is 13.1. The maximum atomic E-state index is 14.7. The molecule has 1 aliphatic rings. The van der Waals surface area contributed by atoms with E-state index in [2.05, 4.69) is 0 Å². The summed E-state index contributed by atoms with van der Waals surface area (Å²) in [6.07, 6.45) is 0. The van der Waals surface area contributed by atoms with Gasteiger partial charge in [0.25, 0.3) is 11.7 Å². The lowest BCUT2D eigenvalue weighted by atomic mass is 9.84. The molecule has 33 heavy (non-hydrogen) atoms. The van der Waals surface area contributed by atoms with Crippen molar-refractivity contribution in [1.29, 1.82) is 0 Å². The highest BCUT2D eigenvalue weighted by molar-refractivity contribution is 7.10. The van der Waals surface area contributed by atoms with Crippen LogP contribution in [0.4, 0.5) is 14.5 Å². The van der Waals surface area contributed by atoms with Gasteiger partial charge in [0.2, 0.25) is 0 Å². The van der Waals surface area contributed by atoms with Crippen molar-refractivity contribution < 1.29 is 23.5 Å². The van der Waals surface area contributed by atoms with Gasteiger partial charge in [-0.05, 0) is 53.1 Å². The first kappa shape index (κ1) is 22.9. The van der Waals surface area contributed by atoms with Crippen LogP contribution in [0.15, 0.2) is 59.5 Å². The van der Waals surface area contributed by atoms with Gasteiger partial charge in [0.1, 0.15) is 23.4 Å². The highest BCUT2D eigenvalue weighted by Crippen LogP contribution is 2.45. The van der Waals surface area contributed by atoms with Crippen LogP contribution < -0.4 is 4.90 Å². The predicted octanol–water partition coefficient (Wildman–Crippen LogP) is 6.26. The minimum Gasteiger partial charge on any atom is -0.507 e. The third kappa shape index (κ3) is 3.97. The van der Waals surface area contributed by atoms with Crippen molar-refractivity contribution in [2.24, 2.45) is 0 Å². The van der Waals surface area contributed by atoms with Crippen molar-refractivity contribution in [3.05, 3.63) is 92.7 Å². The van der Waals surface area contributed by atoms with Crippen LogP contribution >= 0.6 is 11.3 Å². The van der Waals surface area contributed by atoms with E-state index in [0.29, 0.717) is 16.0 Å². The Kier molecular flexibility index (Phi) is 5.70. The van der Waals surface area contributed by atoms with Gasteiger partial charge in [0.05, 0.1) is 11.3 Å². The van der Waals surface area contributed by atoms with Crippen LogP contribution in [-0.2, 0) is 15.0 Å². The fourth-order valence-corrected chi connectivity index (χ4v) is 4.78. The average Bonchev–Trinajstić information content (AvgIpc) is 3.36. The second-order valence-electron chi connectivity index (χ2n) is 9.06. The zero-order valence-electron chi connectivity index (χ0n) is 18.6. The van der Waals surface area contributed by atoms with Gasteiger partial charge in [0, 0.05) is 16.5 Å². The molecule has 0 saturated carbocycles. The van der Waals surface area contributed by atoms with Crippen LogP contribution in [0.25, 0.3) is 5.76 Å². The molecule has 1 unspecified atom stereocenters. The molecule has 1 aromatic heterocycles. The van der Waals surface area contributed by atoms with Crippen LogP contribution in [0.1, 0.15) is 48.4 Å². The van der Waals surface area contributed by atoms with Gasteiger partial charge in [-0.3, -0.25) is 14.5 Å². The van der Waals surface area contributed by atoms with E-state index in [1.165, 1.54) is 11.3 Å². The van der Waals surface area contributed by atoms with E-state index in [0.717, 1.165) is 28.7 Å². The topological polar surface area (TPSA) is 57.6 Å². The van der Waals surface area contributed by atoms with E-state index in [1.54, 1.807) is 30.5 Å². The van der Waals surface area contributed by atoms with Crippen LogP contribution in [-0.4, -0.2) is 16.8 Å². The number of thiophene rings is 1. The molecule has 170 valence electrons. The third-order valence-corrected chi connectivity index (χ3v) is 6.71. The molecule has 1 atom stereocenters. The number of anilines is 1. The molecule has 3 aromatic rings. The minimum atomic E-state index is -1.08. The number of hydrogen-bond donors (Lipinski definition) is 1. The highest BCUT2D eigenvalue weighted by Gasteiger charge is 2.48. The molecule has 7 heteroatoms. The number of aliphatic hydroxyl groups excluding tert-OH is 1. The lowest BCUT2D eigenvalue weighted by Crippen LogP contribution is -2.30.